The first-order chi connectivity index (χ1) is 6.77. The minimum Gasteiger partial charge on any atom is -0.493 e. The Balaban J connectivity index is 2.07. The molecule has 1 aromatic carbocycles. The van der Waals surface area contributed by atoms with E-state index in [1.165, 1.54) is 6.92 Å². The van der Waals surface area contributed by atoms with E-state index in [1.807, 2.05) is 24.3 Å². The maximum Gasteiger partial charge on any atom is 0.302 e. The Morgan fingerprint density at radius 3 is 3.14 bits per heavy atom. The molecule has 74 valence electrons. The van der Waals surface area contributed by atoms with Crippen molar-refractivity contribution in [2.45, 2.75) is 12.8 Å². The number of esters is 1. The van der Waals surface area contributed by atoms with Crippen molar-refractivity contribution < 1.29 is 14.3 Å². The lowest BCUT2D eigenvalue weighted by Crippen LogP contribution is -2.11. The molecular formula is C11H12O3. The zero-order valence-corrected chi connectivity index (χ0v) is 8.03. The van der Waals surface area contributed by atoms with Crippen LogP contribution in [0.3, 0.4) is 0 Å². The highest BCUT2D eigenvalue weighted by atomic mass is 16.5. The van der Waals surface area contributed by atoms with Crippen molar-refractivity contribution in [2.75, 3.05) is 13.2 Å². The predicted molar refractivity (Wildman–Crippen MR) is 51.3 cm³/mol. The Morgan fingerprint density at radius 1 is 1.57 bits per heavy atom. The van der Waals surface area contributed by atoms with Gasteiger partial charge in [-0.3, -0.25) is 4.79 Å². The molecule has 0 saturated heterocycles. The fourth-order valence-electron chi connectivity index (χ4n) is 1.59. The molecule has 3 heteroatoms. The number of hydrogen-bond donors (Lipinski definition) is 0. The fourth-order valence-corrected chi connectivity index (χ4v) is 1.59. The van der Waals surface area contributed by atoms with Crippen LogP contribution in [0, 0.1) is 0 Å². The van der Waals surface area contributed by atoms with Gasteiger partial charge in [0.1, 0.15) is 12.4 Å². The molecule has 14 heavy (non-hydrogen) atoms. The van der Waals surface area contributed by atoms with Crippen molar-refractivity contribution in [3.05, 3.63) is 29.8 Å². The molecule has 2 rings (SSSR count). The third kappa shape index (κ3) is 1.71. The second-order valence-electron chi connectivity index (χ2n) is 3.35. The van der Waals surface area contributed by atoms with Gasteiger partial charge in [-0.25, -0.2) is 0 Å². The molecule has 1 heterocycles. The third-order valence-corrected chi connectivity index (χ3v) is 2.29. The summed E-state index contributed by atoms with van der Waals surface area (Å²) in [5, 5.41) is 0. The van der Waals surface area contributed by atoms with Gasteiger partial charge in [0.2, 0.25) is 0 Å². The highest BCUT2D eigenvalue weighted by molar-refractivity contribution is 5.66. The summed E-state index contributed by atoms with van der Waals surface area (Å²) in [6, 6.07) is 7.85. The Labute approximate surface area is 82.6 Å². The second-order valence-corrected chi connectivity index (χ2v) is 3.35. The summed E-state index contributed by atoms with van der Waals surface area (Å²) in [4.78, 5) is 10.6. The lowest BCUT2D eigenvalue weighted by Gasteiger charge is -2.07. The van der Waals surface area contributed by atoms with Crippen LogP contribution >= 0.6 is 0 Å². The van der Waals surface area contributed by atoms with Crippen LogP contribution in [-0.4, -0.2) is 19.2 Å². The van der Waals surface area contributed by atoms with Gasteiger partial charge >= 0.3 is 5.97 Å². The van der Waals surface area contributed by atoms with E-state index >= 15 is 0 Å². The number of fused-ring (bicyclic) bond motifs is 1. The molecule has 1 aliphatic rings. The maximum absolute atomic E-state index is 10.6. The predicted octanol–water partition coefficient (Wildman–Crippen LogP) is 1.73. The molecule has 0 spiro atoms. The minimum absolute atomic E-state index is 0.190. The third-order valence-electron chi connectivity index (χ3n) is 2.29. The van der Waals surface area contributed by atoms with E-state index in [-0.39, 0.29) is 11.9 Å². The largest absolute Gasteiger partial charge is 0.493 e. The fraction of sp³-hybridized carbons (Fsp3) is 0.364. The van der Waals surface area contributed by atoms with Crippen molar-refractivity contribution in [3.63, 3.8) is 0 Å². The van der Waals surface area contributed by atoms with E-state index in [2.05, 4.69) is 0 Å². The van der Waals surface area contributed by atoms with Crippen LogP contribution in [0.15, 0.2) is 24.3 Å². The van der Waals surface area contributed by atoms with Gasteiger partial charge in [0.05, 0.1) is 12.5 Å². The number of ether oxygens (including phenoxy) is 2. The Kier molecular flexibility index (Phi) is 2.39. The summed E-state index contributed by atoms with van der Waals surface area (Å²) in [5.41, 5.74) is 1.13. The average Bonchev–Trinajstić information content (AvgIpc) is 2.58. The smallest absolute Gasteiger partial charge is 0.302 e. The molecule has 0 bridgehead atoms. The first-order valence-electron chi connectivity index (χ1n) is 4.62. The zero-order valence-electron chi connectivity index (χ0n) is 8.03. The van der Waals surface area contributed by atoms with Gasteiger partial charge < -0.3 is 9.47 Å². The minimum atomic E-state index is -0.241. The van der Waals surface area contributed by atoms with Gasteiger partial charge in [0.25, 0.3) is 0 Å². The summed E-state index contributed by atoms with van der Waals surface area (Å²) < 4.78 is 10.4. The van der Waals surface area contributed by atoms with Gasteiger partial charge in [-0.1, -0.05) is 18.2 Å². The van der Waals surface area contributed by atoms with Crippen LogP contribution in [0.25, 0.3) is 0 Å². The molecule has 3 nitrogen and oxygen atoms in total. The summed E-state index contributed by atoms with van der Waals surface area (Å²) >= 11 is 0. The topological polar surface area (TPSA) is 35.5 Å². The van der Waals surface area contributed by atoms with E-state index in [9.17, 15) is 4.79 Å². The number of rotatable bonds is 2. The molecule has 1 aliphatic heterocycles. The molecule has 0 fully saturated rings. The van der Waals surface area contributed by atoms with Crippen LogP contribution in [0.2, 0.25) is 0 Å². The molecule has 1 atom stereocenters. The van der Waals surface area contributed by atoms with Gasteiger partial charge in [0, 0.05) is 12.5 Å². The maximum atomic E-state index is 10.6. The van der Waals surface area contributed by atoms with E-state index < -0.39 is 0 Å². The molecule has 0 radical (unpaired) electrons. The standard InChI is InChI=1S/C11H12O3/c1-8(12)13-6-9-7-14-11-5-3-2-4-10(9)11/h2-5,9H,6-7H2,1H3. The summed E-state index contributed by atoms with van der Waals surface area (Å²) in [6.45, 7) is 2.43. The SMILES string of the molecule is CC(=O)OCC1COc2ccccc21. The normalized spacial score (nSPS) is 18.5. The highest BCUT2D eigenvalue weighted by Crippen LogP contribution is 2.33. The van der Waals surface area contributed by atoms with E-state index in [1.54, 1.807) is 0 Å². The first-order valence-corrected chi connectivity index (χ1v) is 4.62. The van der Waals surface area contributed by atoms with E-state index in [0.29, 0.717) is 13.2 Å². The van der Waals surface area contributed by atoms with Crippen LogP contribution in [-0.2, 0) is 9.53 Å². The quantitative estimate of drug-likeness (QED) is 0.669. The van der Waals surface area contributed by atoms with Gasteiger partial charge in [-0.15, -0.1) is 0 Å². The summed E-state index contributed by atoms with van der Waals surface area (Å²) in [7, 11) is 0. The average molecular weight is 192 g/mol. The zero-order chi connectivity index (χ0) is 9.97. The Morgan fingerprint density at radius 2 is 2.36 bits per heavy atom. The number of carbonyl (C=O) groups is 1. The van der Waals surface area contributed by atoms with Crippen molar-refractivity contribution in [3.8, 4) is 5.75 Å². The van der Waals surface area contributed by atoms with Gasteiger partial charge in [-0.2, -0.15) is 0 Å². The van der Waals surface area contributed by atoms with Crippen LogP contribution in [0.4, 0.5) is 0 Å². The van der Waals surface area contributed by atoms with Gasteiger partial charge in [0.15, 0.2) is 0 Å². The highest BCUT2D eigenvalue weighted by Gasteiger charge is 2.24. The lowest BCUT2D eigenvalue weighted by molar-refractivity contribution is -0.141. The van der Waals surface area contributed by atoms with Crippen molar-refractivity contribution in [1.82, 2.24) is 0 Å². The van der Waals surface area contributed by atoms with Crippen molar-refractivity contribution in [2.24, 2.45) is 0 Å². The number of hydrogen-bond acceptors (Lipinski definition) is 3. The molecular weight excluding hydrogens is 180 g/mol. The van der Waals surface area contributed by atoms with Crippen LogP contribution < -0.4 is 4.74 Å². The Hall–Kier alpha value is -1.51. The summed E-state index contributed by atoms with van der Waals surface area (Å²) in [6.07, 6.45) is 0. The lowest BCUT2D eigenvalue weighted by atomic mass is 10.0. The molecule has 0 amide bonds. The molecule has 1 unspecified atom stereocenters. The molecule has 0 N–H and O–H groups in total. The summed E-state index contributed by atoms with van der Waals surface area (Å²) in [5.74, 6) is 0.856. The van der Waals surface area contributed by atoms with Gasteiger partial charge in [-0.05, 0) is 6.07 Å². The molecule has 0 aliphatic carbocycles. The first kappa shape index (κ1) is 9.06. The van der Waals surface area contributed by atoms with Crippen molar-refractivity contribution >= 4 is 5.97 Å². The van der Waals surface area contributed by atoms with Crippen molar-refractivity contribution in [1.29, 1.82) is 0 Å². The Bertz CT molecular complexity index is 346. The number of benzene rings is 1. The number of carbonyl (C=O) groups excluding carboxylic acids is 1. The molecule has 0 aromatic heterocycles. The second kappa shape index (κ2) is 3.70. The van der Waals surface area contributed by atoms with E-state index in [4.69, 9.17) is 9.47 Å². The molecule has 0 saturated carbocycles. The monoisotopic (exact) mass is 192 g/mol. The number of para-hydroxylation sites is 1. The van der Waals surface area contributed by atoms with Crippen LogP contribution in [0.5, 0.6) is 5.75 Å². The van der Waals surface area contributed by atoms with E-state index in [0.717, 1.165) is 11.3 Å². The van der Waals surface area contributed by atoms with Crippen LogP contribution in [0.1, 0.15) is 18.4 Å². The molecule has 1 aromatic rings.